The molecule has 9 heteroatoms. The molecule has 0 heterocycles. The van der Waals surface area contributed by atoms with Crippen LogP contribution in [-0.2, 0) is 21.4 Å². The number of amides is 1. The number of hydrogen-bond acceptors (Lipinski definition) is 6. The van der Waals surface area contributed by atoms with E-state index in [0.717, 1.165) is 26.6 Å². The third-order valence-corrected chi connectivity index (χ3v) is 8.21. The Morgan fingerprint density at radius 1 is 0.857 bits per heavy atom. The standard InChI is InChI=1S/C33H35N3O5S/c1-5-40-32-20-28(15-18-31(32)41-23-27-9-7-6-8-10-27)21-34-35-33(37)22-36(30-19-25(3)11-14-26(30)4)42(38,39)29-16-12-24(2)13-17-29/h6-21H,5,22-23H2,1-4H3,(H,35,37)/b34-21+. The summed E-state index contributed by atoms with van der Waals surface area (Å²) in [6.45, 7) is 7.84. The fraction of sp³-hybridized carbons (Fsp3) is 0.212. The van der Waals surface area contributed by atoms with E-state index in [4.69, 9.17) is 9.47 Å². The number of carbonyl (C=O) groups is 1. The van der Waals surface area contributed by atoms with Crippen LogP contribution in [0.25, 0.3) is 0 Å². The van der Waals surface area contributed by atoms with Crippen molar-refractivity contribution < 1.29 is 22.7 Å². The molecule has 0 bridgehead atoms. The number of anilines is 1. The van der Waals surface area contributed by atoms with Crippen LogP contribution >= 0.6 is 0 Å². The van der Waals surface area contributed by atoms with E-state index in [1.807, 2.05) is 70.2 Å². The molecule has 0 atom stereocenters. The van der Waals surface area contributed by atoms with Crippen LogP contribution < -0.4 is 19.2 Å². The summed E-state index contributed by atoms with van der Waals surface area (Å²) in [5.41, 5.74) is 7.14. The fourth-order valence-corrected chi connectivity index (χ4v) is 5.68. The highest BCUT2D eigenvalue weighted by atomic mass is 32.2. The Bertz CT molecular complexity index is 1650. The fourth-order valence-electron chi connectivity index (χ4n) is 4.20. The minimum atomic E-state index is -4.03. The van der Waals surface area contributed by atoms with E-state index in [0.29, 0.717) is 36.0 Å². The van der Waals surface area contributed by atoms with Crippen LogP contribution in [0.2, 0.25) is 0 Å². The molecule has 0 unspecified atom stereocenters. The zero-order valence-corrected chi connectivity index (χ0v) is 25.0. The van der Waals surface area contributed by atoms with Crippen LogP contribution in [0.1, 0.15) is 34.7 Å². The molecule has 42 heavy (non-hydrogen) atoms. The maximum absolute atomic E-state index is 13.7. The monoisotopic (exact) mass is 585 g/mol. The zero-order chi connectivity index (χ0) is 30.1. The van der Waals surface area contributed by atoms with E-state index in [-0.39, 0.29) is 4.90 Å². The smallest absolute Gasteiger partial charge is 0.264 e. The van der Waals surface area contributed by atoms with Crippen molar-refractivity contribution in [3.8, 4) is 11.5 Å². The van der Waals surface area contributed by atoms with Gasteiger partial charge in [-0.3, -0.25) is 9.10 Å². The summed E-state index contributed by atoms with van der Waals surface area (Å²) < 4.78 is 40.2. The van der Waals surface area contributed by atoms with E-state index in [9.17, 15) is 13.2 Å². The highest BCUT2D eigenvalue weighted by Crippen LogP contribution is 2.30. The summed E-state index contributed by atoms with van der Waals surface area (Å²) >= 11 is 0. The topological polar surface area (TPSA) is 97.3 Å². The van der Waals surface area contributed by atoms with Crippen LogP contribution in [0.3, 0.4) is 0 Å². The van der Waals surface area contributed by atoms with Crippen molar-refractivity contribution in [2.45, 2.75) is 39.2 Å². The molecule has 218 valence electrons. The molecule has 0 radical (unpaired) electrons. The summed E-state index contributed by atoms with van der Waals surface area (Å²) in [4.78, 5) is 13.1. The van der Waals surface area contributed by atoms with E-state index < -0.39 is 22.5 Å². The first-order valence-corrected chi connectivity index (χ1v) is 15.0. The minimum absolute atomic E-state index is 0.100. The van der Waals surface area contributed by atoms with Gasteiger partial charge in [-0.1, -0.05) is 60.2 Å². The van der Waals surface area contributed by atoms with E-state index >= 15 is 0 Å². The molecule has 0 spiro atoms. The maximum Gasteiger partial charge on any atom is 0.264 e. The number of benzene rings is 4. The van der Waals surface area contributed by atoms with Crippen molar-refractivity contribution in [2.75, 3.05) is 17.5 Å². The number of sulfonamides is 1. The molecule has 4 rings (SSSR count). The first-order chi connectivity index (χ1) is 20.2. The number of nitrogens with zero attached hydrogens (tertiary/aromatic N) is 2. The molecule has 1 amide bonds. The molecule has 8 nitrogen and oxygen atoms in total. The van der Waals surface area contributed by atoms with Crippen LogP contribution in [0.5, 0.6) is 11.5 Å². The summed E-state index contributed by atoms with van der Waals surface area (Å²) in [6.07, 6.45) is 1.47. The quantitative estimate of drug-likeness (QED) is 0.164. The molecule has 4 aromatic carbocycles. The Morgan fingerprint density at radius 3 is 2.29 bits per heavy atom. The molecule has 0 aliphatic heterocycles. The lowest BCUT2D eigenvalue weighted by atomic mass is 10.1. The van der Waals surface area contributed by atoms with Gasteiger partial charge in [-0.05, 0) is 86.3 Å². The third-order valence-electron chi connectivity index (χ3n) is 6.44. The predicted molar refractivity (Wildman–Crippen MR) is 166 cm³/mol. The molecule has 0 aromatic heterocycles. The lowest BCUT2D eigenvalue weighted by Crippen LogP contribution is -2.40. The lowest BCUT2D eigenvalue weighted by molar-refractivity contribution is -0.119. The van der Waals surface area contributed by atoms with Gasteiger partial charge in [0.1, 0.15) is 13.2 Å². The lowest BCUT2D eigenvalue weighted by Gasteiger charge is -2.25. The van der Waals surface area contributed by atoms with Crippen molar-refractivity contribution in [1.82, 2.24) is 5.43 Å². The average Bonchev–Trinajstić information content (AvgIpc) is 2.98. The average molecular weight is 586 g/mol. The number of hydrogen-bond donors (Lipinski definition) is 1. The van der Waals surface area contributed by atoms with Crippen molar-refractivity contribution in [1.29, 1.82) is 0 Å². The van der Waals surface area contributed by atoms with E-state index in [1.165, 1.54) is 6.21 Å². The number of ether oxygens (including phenoxy) is 2. The maximum atomic E-state index is 13.7. The number of aryl methyl sites for hydroxylation is 3. The summed E-state index contributed by atoms with van der Waals surface area (Å²) in [5, 5.41) is 4.08. The second-order valence-electron chi connectivity index (χ2n) is 9.82. The van der Waals surface area contributed by atoms with Crippen LogP contribution in [0.4, 0.5) is 5.69 Å². The molecule has 0 saturated heterocycles. The van der Waals surface area contributed by atoms with Crippen molar-refractivity contribution >= 4 is 27.8 Å². The van der Waals surface area contributed by atoms with E-state index in [1.54, 1.807) is 48.5 Å². The first kappa shape index (κ1) is 30.3. The summed E-state index contributed by atoms with van der Waals surface area (Å²) in [7, 11) is -4.03. The molecule has 0 fully saturated rings. The van der Waals surface area contributed by atoms with Crippen molar-refractivity contribution in [3.05, 3.63) is 119 Å². The third kappa shape index (κ3) is 7.76. The molecule has 0 saturated carbocycles. The number of carbonyl (C=O) groups excluding carboxylic acids is 1. The Labute approximate surface area is 247 Å². The Hall–Kier alpha value is -4.63. The van der Waals surface area contributed by atoms with Gasteiger partial charge in [-0.2, -0.15) is 5.10 Å². The van der Waals surface area contributed by atoms with Crippen LogP contribution in [0.15, 0.2) is 101 Å². The SMILES string of the molecule is CCOc1cc(/C=N/NC(=O)CN(c2cc(C)ccc2C)S(=O)(=O)c2ccc(C)cc2)ccc1OCc1ccccc1. The van der Waals surface area contributed by atoms with Gasteiger partial charge in [0.2, 0.25) is 0 Å². The number of hydrazone groups is 1. The van der Waals surface area contributed by atoms with Crippen molar-refractivity contribution in [2.24, 2.45) is 5.10 Å². The normalized spacial score (nSPS) is 11.3. The van der Waals surface area contributed by atoms with Crippen molar-refractivity contribution in [3.63, 3.8) is 0 Å². The summed E-state index contributed by atoms with van der Waals surface area (Å²) in [5.74, 6) is 0.553. The molecular weight excluding hydrogens is 550 g/mol. The van der Waals surface area contributed by atoms with Crippen LogP contribution in [-0.4, -0.2) is 33.7 Å². The molecule has 1 N–H and O–H groups in total. The molecular formula is C33H35N3O5S. The predicted octanol–water partition coefficient (Wildman–Crippen LogP) is 5.94. The van der Waals surface area contributed by atoms with Gasteiger partial charge in [-0.25, -0.2) is 13.8 Å². The van der Waals surface area contributed by atoms with Gasteiger partial charge >= 0.3 is 0 Å². The first-order valence-electron chi connectivity index (χ1n) is 13.6. The van der Waals surface area contributed by atoms with Gasteiger partial charge in [0, 0.05) is 0 Å². The minimum Gasteiger partial charge on any atom is -0.490 e. The number of rotatable bonds is 12. The summed E-state index contributed by atoms with van der Waals surface area (Å²) in [6, 6.07) is 27.2. The second-order valence-corrected chi connectivity index (χ2v) is 11.7. The van der Waals surface area contributed by atoms with Gasteiger partial charge in [0.15, 0.2) is 11.5 Å². The van der Waals surface area contributed by atoms with Gasteiger partial charge in [-0.15, -0.1) is 0 Å². The highest BCUT2D eigenvalue weighted by Gasteiger charge is 2.28. The van der Waals surface area contributed by atoms with Gasteiger partial charge in [0.25, 0.3) is 15.9 Å². The molecule has 0 aliphatic rings. The Balaban J connectivity index is 1.50. The van der Waals surface area contributed by atoms with Gasteiger partial charge < -0.3 is 9.47 Å². The van der Waals surface area contributed by atoms with Gasteiger partial charge in [0.05, 0.1) is 23.4 Å². The molecule has 0 aliphatic carbocycles. The zero-order valence-electron chi connectivity index (χ0n) is 24.2. The largest absolute Gasteiger partial charge is 0.490 e. The highest BCUT2D eigenvalue weighted by molar-refractivity contribution is 7.92. The van der Waals surface area contributed by atoms with Crippen LogP contribution in [0, 0.1) is 20.8 Å². The Kier molecular flexibility index (Phi) is 9.98. The molecule has 4 aromatic rings. The Morgan fingerprint density at radius 2 is 1.57 bits per heavy atom. The van der Waals surface area contributed by atoms with E-state index in [2.05, 4.69) is 10.5 Å². The number of nitrogens with one attached hydrogen (secondary N) is 1. The second kappa shape index (κ2) is 13.8.